The van der Waals surface area contributed by atoms with Gasteiger partial charge in [0.15, 0.2) is 5.82 Å². The van der Waals surface area contributed by atoms with E-state index in [1.165, 1.54) is 28.6 Å². The van der Waals surface area contributed by atoms with Crippen LogP contribution >= 0.6 is 0 Å². The fourth-order valence-electron chi connectivity index (χ4n) is 3.14. The lowest BCUT2D eigenvalue weighted by Crippen LogP contribution is -2.30. The number of carbonyl (C=O) groups excluding carboxylic acids is 1. The number of benzene rings is 1. The molecule has 9 heteroatoms. The van der Waals surface area contributed by atoms with E-state index < -0.39 is 10.0 Å². The lowest BCUT2D eigenvalue weighted by molar-refractivity contribution is 0.102. The molecule has 158 valence electrons. The van der Waals surface area contributed by atoms with Crippen LogP contribution in [0, 0.1) is 13.8 Å². The standard InChI is InChI=1S/C21H25N5O3S/c1-5-25(6-2)30(28,29)19-10-7-17(8-11-19)21(27)23-18-9-12-20(22-14-18)26-16(4)13-15(3)24-26/h7-14H,5-6H2,1-4H3,(H,23,27). The maximum Gasteiger partial charge on any atom is 0.255 e. The second kappa shape index (κ2) is 8.76. The summed E-state index contributed by atoms with van der Waals surface area (Å²) < 4.78 is 28.2. The third kappa shape index (κ3) is 4.42. The number of hydrogen-bond acceptors (Lipinski definition) is 5. The van der Waals surface area contributed by atoms with E-state index in [0.717, 1.165) is 11.4 Å². The molecule has 2 aromatic heterocycles. The SMILES string of the molecule is CCN(CC)S(=O)(=O)c1ccc(C(=O)Nc2ccc(-n3nc(C)cc3C)nc2)cc1. The second-order valence-corrected chi connectivity index (χ2v) is 8.75. The van der Waals surface area contributed by atoms with Gasteiger partial charge in [0.2, 0.25) is 10.0 Å². The highest BCUT2D eigenvalue weighted by Gasteiger charge is 2.21. The number of rotatable bonds is 7. The van der Waals surface area contributed by atoms with Crippen molar-refractivity contribution in [3.05, 3.63) is 65.6 Å². The Balaban J connectivity index is 1.72. The highest BCUT2D eigenvalue weighted by atomic mass is 32.2. The molecule has 0 unspecified atom stereocenters. The van der Waals surface area contributed by atoms with Crippen molar-refractivity contribution in [2.24, 2.45) is 0 Å². The summed E-state index contributed by atoms with van der Waals surface area (Å²) in [5.74, 6) is 0.312. The lowest BCUT2D eigenvalue weighted by Gasteiger charge is -2.18. The monoisotopic (exact) mass is 427 g/mol. The molecule has 3 aromatic rings. The Hall–Kier alpha value is -3.04. The smallest absolute Gasteiger partial charge is 0.255 e. The molecular formula is C21H25N5O3S. The van der Waals surface area contributed by atoms with Gasteiger partial charge in [0, 0.05) is 24.3 Å². The Morgan fingerprint density at radius 1 is 1.07 bits per heavy atom. The van der Waals surface area contributed by atoms with E-state index in [1.807, 2.05) is 19.9 Å². The molecule has 8 nitrogen and oxygen atoms in total. The van der Waals surface area contributed by atoms with Crippen molar-refractivity contribution < 1.29 is 13.2 Å². The van der Waals surface area contributed by atoms with Gasteiger partial charge in [0.25, 0.3) is 5.91 Å². The van der Waals surface area contributed by atoms with Crippen molar-refractivity contribution in [3.63, 3.8) is 0 Å². The van der Waals surface area contributed by atoms with Crippen LogP contribution in [0.4, 0.5) is 5.69 Å². The summed E-state index contributed by atoms with van der Waals surface area (Å²) in [6.45, 7) is 8.22. The summed E-state index contributed by atoms with van der Waals surface area (Å²) in [5.41, 5.74) is 2.76. The highest BCUT2D eigenvalue weighted by Crippen LogP contribution is 2.18. The molecule has 1 N–H and O–H groups in total. The van der Waals surface area contributed by atoms with E-state index in [0.29, 0.717) is 30.2 Å². The van der Waals surface area contributed by atoms with E-state index in [-0.39, 0.29) is 10.8 Å². The maximum absolute atomic E-state index is 12.6. The second-order valence-electron chi connectivity index (χ2n) is 6.81. The summed E-state index contributed by atoms with van der Waals surface area (Å²) in [4.78, 5) is 17.0. The predicted octanol–water partition coefficient (Wildman–Crippen LogP) is 3.17. The molecule has 0 atom stereocenters. The fraction of sp³-hybridized carbons (Fsp3) is 0.286. The summed E-state index contributed by atoms with van der Waals surface area (Å²) >= 11 is 0. The molecular weight excluding hydrogens is 402 g/mol. The van der Waals surface area contributed by atoms with E-state index in [9.17, 15) is 13.2 Å². The van der Waals surface area contributed by atoms with Crippen molar-refractivity contribution in [1.29, 1.82) is 0 Å². The number of pyridine rings is 1. The van der Waals surface area contributed by atoms with Crippen molar-refractivity contribution >= 4 is 21.6 Å². The molecule has 0 aliphatic carbocycles. The van der Waals surface area contributed by atoms with Gasteiger partial charge in [-0.25, -0.2) is 18.1 Å². The van der Waals surface area contributed by atoms with Gasteiger partial charge < -0.3 is 5.32 Å². The quantitative estimate of drug-likeness (QED) is 0.625. The minimum atomic E-state index is -3.55. The predicted molar refractivity (Wildman–Crippen MR) is 115 cm³/mol. The summed E-state index contributed by atoms with van der Waals surface area (Å²) in [6.07, 6.45) is 1.56. The van der Waals surface area contributed by atoms with Gasteiger partial charge in [-0.1, -0.05) is 13.8 Å². The molecule has 0 aliphatic heterocycles. The van der Waals surface area contributed by atoms with E-state index in [4.69, 9.17) is 0 Å². The van der Waals surface area contributed by atoms with Crippen molar-refractivity contribution in [2.45, 2.75) is 32.6 Å². The lowest BCUT2D eigenvalue weighted by atomic mass is 10.2. The average molecular weight is 428 g/mol. The first-order valence-electron chi connectivity index (χ1n) is 9.67. The molecule has 2 heterocycles. The number of amides is 1. The van der Waals surface area contributed by atoms with Crippen LogP contribution in [-0.2, 0) is 10.0 Å². The number of anilines is 1. The topological polar surface area (TPSA) is 97.2 Å². The molecule has 0 aliphatic rings. The molecule has 0 saturated carbocycles. The number of carbonyl (C=O) groups is 1. The fourth-order valence-corrected chi connectivity index (χ4v) is 4.60. The third-order valence-corrected chi connectivity index (χ3v) is 6.76. The van der Waals surface area contributed by atoms with Crippen LogP contribution in [0.5, 0.6) is 0 Å². The molecule has 3 rings (SSSR count). The van der Waals surface area contributed by atoms with Crippen LogP contribution in [-0.4, -0.2) is 46.5 Å². The van der Waals surface area contributed by atoms with Crippen LogP contribution in [0.2, 0.25) is 0 Å². The van der Waals surface area contributed by atoms with Gasteiger partial charge in [-0.3, -0.25) is 4.79 Å². The molecule has 30 heavy (non-hydrogen) atoms. The van der Waals surface area contributed by atoms with Crippen molar-refractivity contribution in [1.82, 2.24) is 19.1 Å². The normalized spacial score (nSPS) is 11.6. The van der Waals surface area contributed by atoms with Crippen molar-refractivity contribution in [2.75, 3.05) is 18.4 Å². The van der Waals surface area contributed by atoms with E-state index >= 15 is 0 Å². The van der Waals surface area contributed by atoms with Crippen molar-refractivity contribution in [3.8, 4) is 5.82 Å². The Labute approximate surface area is 176 Å². The highest BCUT2D eigenvalue weighted by molar-refractivity contribution is 7.89. The van der Waals surface area contributed by atoms with Gasteiger partial charge >= 0.3 is 0 Å². The van der Waals surface area contributed by atoms with Crippen LogP contribution in [0.15, 0.2) is 53.6 Å². The Bertz CT molecular complexity index is 1130. The molecule has 1 aromatic carbocycles. The first kappa shape index (κ1) is 21.7. The van der Waals surface area contributed by atoms with Gasteiger partial charge in [-0.05, 0) is 56.3 Å². The molecule has 0 fully saturated rings. The minimum Gasteiger partial charge on any atom is -0.321 e. The van der Waals surface area contributed by atoms with E-state index in [1.54, 1.807) is 36.9 Å². The number of sulfonamides is 1. The Morgan fingerprint density at radius 2 is 1.73 bits per heavy atom. The van der Waals surface area contributed by atoms with Gasteiger partial charge in [0.1, 0.15) is 0 Å². The Kier molecular flexibility index (Phi) is 6.33. The Morgan fingerprint density at radius 3 is 2.23 bits per heavy atom. The summed E-state index contributed by atoms with van der Waals surface area (Å²) in [7, 11) is -3.55. The number of nitrogens with zero attached hydrogens (tertiary/aromatic N) is 4. The average Bonchev–Trinajstić information content (AvgIpc) is 3.07. The van der Waals surface area contributed by atoms with Crippen LogP contribution in [0.25, 0.3) is 5.82 Å². The maximum atomic E-state index is 12.6. The summed E-state index contributed by atoms with van der Waals surface area (Å²) in [5, 5.41) is 7.15. The van der Waals surface area contributed by atoms with Gasteiger partial charge in [-0.15, -0.1) is 0 Å². The van der Waals surface area contributed by atoms with Gasteiger partial charge in [0.05, 0.1) is 22.5 Å². The number of hydrogen-bond donors (Lipinski definition) is 1. The molecule has 0 spiro atoms. The first-order chi connectivity index (χ1) is 14.3. The van der Waals surface area contributed by atoms with E-state index in [2.05, 4.69) is 15.4 Å². The zero-order chi connectivity index (χ0) is 21.9. The largest absolute Gasteiger partial charge is 0.321 e. The molecule has 1 amide bonds. The molecule has 0 saturated heterocycles. The summed E-state index contributed by atoms with van der Waals surface area (Å²) in [6, 6.07) is 11.4. The zero-order valence-electron chi connectivity index (χ0n) is 17.5. The van der Waals surface area contributed by atoms with Gasteiger partial charge in [-0.2, -0.15) is 9.40 Å². The first-order valence-corrected chi connectivity index (χ1v) is 11.1. The molecule has 0 radical (unpaired) electrons. The van der Waals surface area contributed by atoms with Crippen LogP contribution in [0.3, 0.4) is 0 Å². The minimum absolute atomic E-state index is 0.165. The van der Waals surface area contributed by atoms with Crippen LogP contribution in [0.1, 0.15) is 35.6 Å². The third-order valence-electron chi connectivity index (χ3n) is 4.69. The number of aromatic nitrogens is 3. The number of aryl methyl sites for hydroxylation is 2. The number of nitrogens with one attached hydrogen (secondary N) is 1. The van der Waals surface area contributed by atoms with Crippen LogP contribution < -0.4 is 5.32 Å². The molecule has 0 bridgehead atoms. The zero-order valence-corrected chi connectivity index (χ0v) is 18.3.